The minimum Gasteiger partial charge on any atom is -0.343 e. The topological polar surface area (TPSA) is 4.93 Å². The molecule has 0 saturated carbocycles. The van der Waals surface area contributed by atoms with Gasteiger partial charge >= 0.3 is 0 Å². The van der Waals surface area contributed by atoms with Gasteiger partial charge in [0, 0.05) is 29.9 Å². The fourth-order valence-corrected chi connectivity index (χ4v) is 3.24. The van der Waals surface area contributed by atoms with Gasteiger partial charge in [0.1, 0.15) is 0 Å². The summed E-state index contributed by atoms with van der Waals surface area (Å²) in [4.78, 5) is 0. The molecule has 0 bridgehead atoms. The van der Waals surface area contributed by atoms with Gasteiger partial charge in [-0.05, 0) is 29.7 Å². The number of aromatic nitrogens is 1. The monoisotopic (exact) mass is 233 g/mol. The van der Waals surface area contributed by atoms with Crippen LogP contribution in [-0.2, 0) is 13.5 Å². The molecule has 88 valence electrons. The van der Waals surface area contributed by atoms with Crippen molar-refractivity contribution in [1.29, 1.82) is 0 Å². The molecule has 0 saturated heterocycles. The van der Waals surface area contributed by atoms with Crippen LogP contribution in [0.4, 0.5) is 0 Å². The molecule has 0 spiro atoms. The number of hydrogen-bond donors (Lipinski definition) is 0. The van der Waals surface area contributed by atoms with Gasteiger partial charge < -0.3 is 4.57 Å². The lowest BCUT2D eigenvalue weighted by molar-refractivity contribution is 0.977. The first-order valence-corrected chi connectivity index (χ1v) is 6.42. The van der Waals surface area contributed by atoms with E-state index in [4.69, 9.17) is 0 Å². The Morgan fingerprint density at radius 3 is 2.78 bits per heavy atom. The predicted molar refractivity (Wildman–Crippen MR) is 75.9 cm³/mol. The Labute approximate surface area is 107 Å². The van der Waals surface area contributed by atoms with Crippen LogP contribution >= 0.6 is 0 Å². The van der Waals surface area contributed by atoms with Crippen LogP contribution in [0.2, 0.25) is 0 Å². The first-order valence-electron chi connectivity index (χ1n) is 6.42. The van der Waals surface area contributed by atoms with E-state index in [1.54, 1.807) is 0 Å². The summed E-state index contributed by atoms with van der Waals surface area (Å²) in [5, 5.41) is 1.41. The molecule has 0 atom stereocenters. The molecule has 3 aromatic rings. The van der Waals surface area contributed by atoms with Crippen molar-refractivity contribution >= 4 is 10.9 Å². The molecule has 0 unspecified atom stereocenters. The maximum atomic E-state index is 2.35. The lowest BCUT2D eigenvalue weighted by Crippen LogP contribution is -1.91. The molecule has 0 N–H and O–H groups in total. The largest absolute Gasteiger partial charge is 0.343 e. The zero-order valence-electron chi connectivity index (χ0n) is 10.7. The van der Waals surface area contributed by atoms with Crippen LogP contribution in [0.15, 0.2) is 42.5 Å². The van der Waals surface area contributed by atoms with E-state index in [9.17, 15) is 0 Å². The zero-order chi connectivity index (χ0) is 12.3. The van der Waals surface area contributed by atoms with Gasteiger partial charge in [0.2, 0.25) is 0 Å². The molecule has 0 aliphatic heterocycles. The lowest BCUT2D eigenvalue weighted by atomic mass is 10.1. The van der Waals surface area contributed by atoms with Crippen molar-refractivity contribution in [2.45, 2.75) is 13.3 Å². The molecule has 1 aromatic heterocycles. The summed E-state index contributed by atoms with van der Waals surface area (Å²) in [6.45, 7) is 2.16. The number of benzene rings is 2. The van der Waals surface area contributed by atoms with Gasteiger partial charge in [-0.1, -0.05) is 36.4 Å². The number of aryl methyl sites for hydroxylation is 2. The molecule has 1 nitrogen and oxygen atoms in total. The van der Waals surface area contributed by atoms with Crippen LogP contribution in [0.1, 0.15) is 16.7 Å². The third-order valence-corrected chi connectivity index (χ3v) is 4.10. The summed E-state index contributed by atoms with van der Waals surface area (Å²) >= 11 is 0. The van der Waals surface area contributed by atoms with Gasteiger partial charge in [-0.15, -0.1) is 0 Å². The molecular formula is C17H15N. The number of hydrogen-bond acceptors (Lipinski definition) is 0. The zero-order valence-corrected chi connectivity index (χ0v) is 10.7. The minimum atomic E-state index is 1.08. The Balaban J connectivity index is 2.14. The van der Waals surface area contributed by atoms with E-state index in [1.807, 2.05) is 0 Å². The van der Waals surface area contributed by atoms with Gasteiger partial charge in [0.15, 0.2) is 0 Å². The highest BCUT2D eigenvalue weighted by atomic mass is 15.0. The molecule has 0 radical (unpaired) electrons. The van der Waals surface area contributed by atoms with Crippen LogP contribution in [-0.4, -0.2) is 4.57 Å². The fraction of sp³-hybridized carbons (Fsp3) is 0.176. The average molecular weight is 233 g/mol. The van der Waals surface area contributed by atoms with Gasteiger partial charge in [-0.2, -0.15) is 0 Å². The van der Waals surface area contributed by atoms with Crippen LogP contribution in [0, 0.1) is 6.92 Å². The van der Waals surface area contributed by atoms with E-state index in [1.165, 1.54) is 38.9 Å². The molecule has 1 heterocycles. The summed E-state index contributed by atoms with van der Waals surface area (Å²) < 4.78 is 2.35. The van der Waals surface area contributed by atoms with E-state index < -0.39 is 0 Å². The second-order valence-electron chi connectivity index (χ2n) is 5.24. The molecule has 0 amide bonds. The van der Waals surface area contributed by atoms with E-state index >= 15 is 0 Å². The minimum absolute atomic E-state index is 1.08. The maximum absolute atomic E-state index is 2.35. The Hall–Kier alpha value is -2.02. The van der Waals surface area contributed by atoms with E-state index in [0.29, 0.717) is 0 Å². The quantitative estimate of drug-likeness (QED) is 0.431. The third kappa shape index (κ3) is 1.11. The van der Waals surface area contributed by atoms with Gasteiger partial charge in [0.25, 0.3) is 0 Å². The second kappa shape index (κ2) is 3.26. The Morgan fingerprint density at radius 1 is 1.06 bits per heavy atom. The first kappa shape index (κ1) is 9.95. The summed E-state index contributed by atoms with van der Waals surface area (Å²) in [5.74, 6) is 0. The Kier molecular flexibility index (Phi) is 1.80. The van der Waals surface area contributed by atoms with Crippen molar-refractivity contribution in [3.8, 4) is 11.3 Å². The van der Waals surface area contributed by atoms with E-state index in [0.717, 1.165) is 6.42 Å². The maximum Gasteiger partial charge on any atom is 0.0527 e. The highest BCUT2D eigenvalue weighted by Gasteiger charge is 2.24. The van der Waals surface area contributed by atoms with Crippen molar-refractivity contribution < 1.29 is 0 Å². The molecule has 1 aliphatic carbocycles. The van der Waals surface area contributed by atoms with Crippen molar-refractivity contribution in [3.63, 3.8) is 0 Å². The predicted octanol–water partition coefficient (Wildman–Crippen LogP) is 4.06. The van der Waals surface area contributed by atoms with E-state index in [-0.39, 0.29) is 0 Å². The van der Waals surface area contributed by atoms with Crippen molar-refractivity contribution in [3.05, 3.63) is 59.2 Å². The third-order valence-electron chi connectivity index (χ3n) is 4.10. The summed E-state index contributed by atoms with van der Waals surface area (Å²) in [6, 6.07) is 15.5. The smallest absolute Gasteiger partial charge is 0.0527 e. The number of rotatable bonds is 0. The van der Waals surface area contributed by atoms with Crippen molar-refractivity contribution in [2.75, 3.05) is 0 Å². The Bertz CT molecular complexity index is 778. The van der Waals surface area contributed by atoms with Crippen molar-refractivity contribution in [1.82, 2.24) is 4.57 Å². The highest BCUT2D eigenvalue weighted by Crippen LogP contribution is 2.42. The molecular weight excluding hydrogens is 218 g/mol. The van der Waals surface area contributed by atoms with Crippen LogP contribution in [0.3, 0.4) is 0 Å². The van der Waals surface area contributed by atoms with Gasteiger partial charge in [0.05, 0.1) is 5.69 Å². The molecule has 4 rings (SSSR count). The fourth-order valence-electron chi connectivity index (χ4n) is 3.24. The molecule has 1 aliphatic rings. The second-order valence-corrected chi connectivity index (χ2v) is 5.24. The summed E-state index contributed by atoms with van der Waals surface area (Å²) in [5.41, 5.74) is 8.45. The highest BCUT2D eigenvalue weighted by molar-refractivity contribution is 5.95. The average Bonchev–Trinajstić information content (AvgIpc) is 2.87. The Morgan fingerprint density at radius 2 is 1.89 bits per heavy atom. The molecule has 18 heavy (non-hydrogen) atoms. The van der Waals surface area contributed by atoms with Gasteiger partial charge in [-0.25, -0.2) is 0 Å². The molecule has 0 fully saturated rings. The van der Waals surface area contributed by atoms with E-state index in [2.05, 4.69) is 61.0 Å². The number of fused-ring (bicyclic) bond motifs is 5. The normalized spacial score (nSPS) is 12.8. The van der Waals surface area contributed by atoms with Crippen LogP contribution in [0.5, 0.6) is 0 Å². The van der Waals surface area contributed by atoms with Crippen LogP contribution in [0.25, 0.3) is 22.2 Å². The van der Waals surface area contributed by atoms with Crippen LogP contribution < -0.4 is 0 Å². The standard InChI is InChI=1S/C17H15N/c1-11-7-8-14-15-10-12-5-3-4-6-13(12)17(15)18(2)16(14)9-11/h3-9H,10H2,1-2H3. The summed E-state index contributed by atoms with van der Waals surface area (Å²) in [7, 11) is 2.18. The SMILES string of the molecule is Cc1ccc2c3c(n(C)c2c1)-c1ccccc1C3. The lowest BCUT2D eigenvalue weighted by Gasteiger charge is -2.05. The first-order chi connectivity index (χ1) is 8.75. The molecule has 1 heteroatoms. The molecule has 2 aromatic carbocycles. The summed E-state index contributed by atoms with van der Waals surface area (Å²) in [6.07, 6.45) is 1.08. The number of nitrogens with zero attached hydrogens (tertiary/aromatic N) is 1. The van der Waals surface area contributed by atoms with Gasteiger partial charge in [-0.3, -0.25) is 0 Å². The van der Waals surface area contributed by atoms with Crippen molar-refractivity contribution in [2.24, 2.45) is 7.05 Å².